The van der Waals surface area contributed by atoms with Crippen LogP contribution in [0, 0.1) is 11.3 Å². The number of benzene rings is 2. The van der Waals surface area contributed by atoms with E-state index in [1.165, 1.54) is 17.1 Å². The Bertz CT molecular complexity index is 935. The number of hydrogen-bond donors (Lipinski definition) is 1. The maximum atomic E-state index is 12.8. The number of alkyl halides is 3. The van der Waals surface area contributed by atoms with E-state index in [0.717, 1.165) is 12.1 Å². The number of aliphatic imine (C=N–C) groups is 2. The van der Waals surface area contributed by atoms with Gasteiger partial charge in [-0.15, -0.1) is 0 Å². The fourth-order valence-corrected chi connectivity index (χ4v) is 2.56. The summed E-state index contributed by atoms with van der Waals surface area (Å²) < 4.78 is 38.4. The van der Waals surface area contributed by atoms with E-state index in [9.17, 15) is 13.2 Å². The third kappa shape index (κ3) is 3.43. The molecule has 1 aliphatic rings. The Labute approximate surface area is 147 Å². The first kappa shape index (κ1) is 17.6. The van der Waals surface area contributed by atoms with E-state index in [2.05, 4.69) is 9.98 Å². The number of likely N-dealkylation sites (N-methyl/N-ethyl adjacent to an activating group) is 1. The first-order valence-corrected chi connectivity index (χ1v) is 7.62. The van der Waals surface area contributed by atoms with Crippen molar-refractivity contribution in [2.24, 2.45) is 15.8 Å². The topological polar surface area (TPSA) is 77.8 Å². The number of nitrogens with two attached hydrogens (primary N) is 1. The SMILES string of the molecule is CN(N)C1=Nc2cc(C#N)ccc2C(c2ccc(C(F)(F)F)cc2)=NC1. The van der Waals surface area contributed by atoms with E-state index < -0.39 is 11.7 Å². The zero-order chi connectivity index (χ0) is 18.9. The molecule has 0 radical (unpaired) electrons. The van der Waals surface area contributed by atoms with Gasteiger partial charge in [0, 0.05) is 18.2 Å². The van der Waals surface area contributed by atoms with Gasteiger partial charge < -0.3 is 0 Å². The van der Waals surface area contributed by atoms with Crippen molar-refractivity contribution < 1.29 is 13.2 Å². The van der Waals surface area contributed by atoms with Crippen LogP contribution in [0.4, 0.5) is 18.9 Å². The van der Waals surface area contributed by atoms with Gasteiger partial charge in [0.1, 0.15) is 5.84 Å². The van der Waals surface area contributed by atoms with E-state index in [0.29, 0.717) is 33.9 Å². The summed E-state index contributed by atoms with van der Waals surface area (Å²) in [6.45, 7) is 0.167. The van der Waals surface area contributed by atoms with Crippen molar-refractivity contribution >= 4 is 17.2 Å². The number of amidine groups is 1. The Morgan fingerprint density at radius 2 is 1.85 bits per heavy atom. The molecule has 1 aliphatic heterocycles. The molecule has 0 saturated heterocycles. The van der Waals surface area contributed by atoms with Gasteiger partial charge in [0.25, 0.3) is 0 Å². The second kappa shape index (κ2) is 6.61. The number of rotatable bonds is 1. The number of nitriles is 1. The Morgan fingerprint density at radius 1 is 1.15 bits per heavy atom. The summed E-state index contributed by atoms with van der Waals surface area (Å²) in [4.78, 5) is 8.94. The highest BCUT2D eigenvalue weighted by Gasteiger charge is 2.30. The summed E-state index contributed by atoms with van der Waals surface area (Å²) in [6.07, 6.45) is -4.40. The third-order valence-corrected chi connectivity index (χ3v) is 3.90. The van der Waals surface area contributed by atoms with Crippen molar-refractivity contribution in [3.63, 3.8) is 0 Å². The van der Waals surface area contributed by atoms with Crippen molar-refractivity contribution in [3.8, 4) is 6.07 Å². The second-order valence-electron chi connectivity index (χ2n) is 5.72. The van der Waals surface area contributed by atoms with Gasteiger partial charge in [-0.1, -0.05) is 12.1 Å². The zero-order valence-electron chi connectivity index (χ0n) is 13.7. The molecule has 0 aromatic heterocycles. The summed E-state index contributed by atoms with van der Waals surface area (Å²) >= 11 is 0. The Kier molecular flexibility index (Phi) is 4.49. The molecule has 8 heteroatoms. The molecule has 0 atom stereocenters. The molecule has 0 aliphatic carbocycles. The molecule has 0 spiro atoms. The standard InChI is InChI=1S/C18H14F3N5/c1-26(23)16-10-24-17(12-3-5-13(6-4-12)18(19,20)21)14-7-2-11(9-22)8-15(14)25-16/h2-8H,10,23H2,1H3. The molecule has 0 amide bonds. The fourth-order valence-electron chi connectivity index (χ4n) is 2.56. The molecule has 3 rings (SSSR count). The molecule has 26 heavy (non-hydrogen) atoms. The van der Waals surface area contributed by atoms with Gasteiger partial charge in [-0.05, 0) is 30.3 Å². The average Bonchev–Trinajstić information content (AvgIpc) is 2.80. The van der Waals surface area contributed by atoms with Gasteiger partial charge in [0.15, 0.2) is 0 Å². The highest BCUT2D eigenvalue weighted by molar-refractivity contribution is 6.17. The van der Waals surface area contributed by atoms with Crippen molar-refractivity contribution in [1.82, 2.24) is 5.01 Å². The number of hydrazine groups is 1. The molecule has 1 heterocycles. The average molecular weight is 357 g/mol. The van der Waals surface area contributed by atoms with Crippen molar-refractivity contribution in [2.75, 3.05) is 13.6 Å². The minimum Gasteiger partial charge on any atom is -0.300 e. The predicted octanol–water partition coefficient (Wildman–Crippen LogP) is 3.26. The first-order valence-electron chi connectivity index (χ1n) is 7.62. The smallest absolute Gasteiger partial charge is 0.300 e. The minimum atomic E-state index is -4.40. The molecule has 2 aromatic rings. The maximum absolute atomic E-state index is 12.8. The monoisotopic (exact) mass is 357 g/mol. The molecule has 0 saturated carbocycles. The highest BCUT2D eigenvalue weighted by atomic mass is 19.4. The third-order valence-electron chi connectivity index (χ3n) is 3.90. The van der Waals surface area contributed by atoms with Crippen molar-refractivity contribution in [2.45, 2.75) is 6.18 Å². The fraction of sp³-hybridized carbons (Fsp3) is 0.167. The van der Waals surface area contributed by atoms with Gasteiger partial charge in [0.05, 0.1) is 35.1 Å². The molecule has 2 aromatic carbocycles. The molecule has 0 bridgehead atoms. The van der Waals surface area contributed by atoms with Gasteiger partial charge in [-0.3, -0.25) is 10.0 Å². The van der Waals surface area contributed by atoms with Gasteiger partial charge in [-0.2, -0.15) is 18.4 Å². The van der Waals surface area contributed by atoms with Crippen LogP contribution >= 0.6 is 0 Å². The number of fused-ring (bicyclic) bond motifs is 1. The largest absolute Gasteiger partial charge is 0.416 e. The number of hydrogen-bond acceptors (Lipinski definition) is 5. The van der Waals surface area contributed by atoms with Crippen molar-refractivity contribution in [3.05, 3.63) is 64.7 Å². The summed E-state index contributed by atoms with van der Waals surface area (Å²) in [5, 5.41) is 10.4. The lowest BCUT2D eigenvalue weighted by atomic mass is 9.98. The number of halogens is 3. The van der Waals surface area contributed by atoms with Crippen LogP contribution in [0.1, 0.15) is 22.3 Å². The summed E-state index contributed by atoms with van der Waals surface area (Å²) in [7, 11) is 1.62. The summed E-state index contributed by atoms with van der Waals surface area (Å²) in [6, 6.07) is 11.7. The van der Waals surface area contributed by atoms with Gasteiger partial charge in [0.2, 0.25) is 0 Å². The normalized spacial score (nSPS) is 13.8. The van der Waals surface area contributed by atoms with E-state index in [-0.39, 0.29) is 6.54 Å². The molecule has 5 nitrogen and oxygen atoms in total. The quantitative estimate of drug-likeness (QED) is 0.628. The van der Waals surface area contributed by atoms with Crippen LogP contribution in [0.15, 0.2) is 52.4 Å². The van der Waals surface area contributed by atoms with Crippen LogP contribution < -0.4 is 5.84 Å². The lowest BCUT2D eigenvalue weighted by molar-refractivity contribution is -0.137. The molecular weight excluding hydrogens is 343 g/mol. The lowest BCUT2D eigenvalue weighted by Crippen LogP contribution is -2.34. The van der Waals surface area contributed by atoms with Crippen LogP contribution in [0.25, 0.3) is 0 Å². The van der Waals surface area contributed by atoms with Crippen LogP contribution in [-0.4, -0.2) is 30.1 Å². The predicted molar refractivity (Wildman–Crippen MR) is 92.2 cm³/mol. The Morgan fingerprint density at radius 3 is 2.42 bits per heavy atom. The Hall–Kier alpha value is -3.18. The van der Waals surface area contributed by atoms with Crippen molar-refractivity contribution in [1.29, 1.82) is 5.26 Å². The molecular formula is C18H14F3N5. The van der Waals surface area contributed by atoms with E-state index >= 15 is 0 Å². The Balaban J connectivity index is 2.11. The van der Waals surface area contributed by atoms with Crippen LogP contribution in [-0.2, 0) is 6.18 Å². The van der Waals surface area contributed by atoms with Gasteiger partial charge in [-0.25, -0.2) is 10.8 Å². The number of nitrogens with zero attached hydrogens (tertiary/aromatic N) is 4. The first-order chi connectivity index (χ1) is 12.3. The van der Waals surface area contributed by atoms with Crippen LogP contribution in [0.5, 0.6) is 0 Å². The zero-order valence-corrected chi connectivity index (χ0v) is 13.7. The summed E-state index contributed by atoms with van der Waals surface area (Å²) in [5.41, 5.74) is 1.83. The molecule has 0 unspecified atom stereocenters. The maximum Gasteiger partial charge on any atom is 0.416 e. The molecule has 0 fully saturated rings. The van der Waals surface area contributed by atoms with E-state index in [1.807, 2.05) is 6.07 Å². The summed E-state index contributed by atoms with van der Waals surface area (Å²) in [5.74, 6) is 6.23. The lowest BCUT2D eigenvalue weighted by Gasteiger charge is -2.12. The molecule has 132 valence electrons. The molecule has 2 N–H and O–H groups in total. The van der Waals surface area contributed by atoms with Crippen LogP contribution in [0.3, 0.4) is 0 Å². The van der Waals surface area contributed by atoms with Gasteiger partial charge >= 0.3 is 6.18 Å². The van der Waals surface area contributed by atoms with Crippen LogP contribution in [0.2, 0.25) is 0 Å². The second-order valence-corrected chi connectivity index (χ2v) is 5.72. The van der Waals surface area contributed by atoms with E-state index in [4.69, 9.17) is 11.1 Å². The highest BCUT2D eigenvalue weighted by Crippen LogP contribution is 2.31. The minimum absolute atomic E-state index is 0.167. The van der Waals surface area contributed by atoms with E-state index in [1.54, 1.807) is 25.2 Å².